The first kappa shape index (κ1) is 12.8. The molecule has 0 radical (unpaired) electrons. The molecule has 1 aromatic carbocycles. The smallest absolute Gasteiger partial charge is 0.427 e. The molecule has 0 aliphatic carbocycles. The summed E-state index contributed by atoms with van der Waals surface area (Å²) >= 11 is 2.16. The first-order valence-corrected chi connectivity index (χ1v) is 5.46. The zero-order chi connectivity index (χ0) is 12.0. The van der Waals surface area contributed by atoms with Crippen molar-refractivity contribution in [3.05, 3.63) is 27.3 Å². The fourth-order valence-corrected chi connectivity index (χ4v) is 1.73. The molecule has 0 fully saturated rings. The van der Waals surface area contributed by atoms with Crippen molar-refractivity contribution in [1.29, 1.82) is 0 Å². The first-order valence-electron chi connectivity index (χ1n) is 4.38. The average Bonchev–Trinajstić information content (AvgIpc) is 2.29. The number of nitrogens with one attached hydrogen (secondary N) is 1. The Morgan fingerprint density at radius 2 is 2.25 bits per heavy atom. The summed E-state index contributed by atoms with van der Waals surface area (Å²) < 4.78 is 10.5. The fourth-order valence-electron chi connectivity index (χ4n) is 0.968. The number of nitrogens with zero attached hydrogens (tertiary/aromatic N) is 1. The summed E-state index contributed by atoms with van der Waals surface area (Å²) in [7, 11) is 2.89. The van der Waals surface area contributed by atoms with Crippen LogP contribution in [0, 0.1) is 3.57 Å². The van der Waals surface area contributed by atoms with Gasteiger partial charge in [0.25, 0.3) is 0 Å². The van der Waals surface area contributed by atoms with Crippen LogP contribution >= 0.6 is 22.6 Å². The molecule has 1 amide bonds. The molecule has 5 nitrogen and oxygen atoms in total. The highest BCUT2D eigenvalue weighted by Crippen LogP contribution is 2.20. The van der Waals surface area contributed by atoms with Gasteiger partial charge in [-0.15, -0.1) is 0 Å². The maximum Gasteiger partial charge on any atom is 0.427 e. The van der Waals surface area contributed by atoms with E-state index in [9.17, 15) is 4.79 Å². The van der Waals surface area contributed by atoms with E-state index in [4.69, 9.17) is 4.74 Å². The number of carbonyl (C=O) groups is 1. The molecule has 0 unspecified atom stereocenters. The van der Waals surface area contributed by atoms with Crippen molar-refractivity contribution in [2.45, 2.75) is 0 Å². The molecule has 1 aromatic rings. The molecular formula is C10H11IN2O3. The second-order valence-corrected chi connectivity index (χ2v) is 3.92. The van der Waals surface area contributed by atoms with E-state index in [1.165, 1.54) is 13.3 Å². The molecule has 0 bridgehead atoms. The number of benzene rings is 1. The predicted molar refractivity (Wildman–Crippen MR) is 68.8 cm³/mol. The van der Waals surface area contributed by atoms with Crippen molar-refractivity contribution in [3.63, 3.8) is 0 Å². The van der Waals surface area contributed by atoms with Crippen LogP contribution in [0.3, 0.4) is 0 Å². The highest BCUT2D eigenvalue weighted by molar-refractivity contribution is 14.1. The van der Waals surface area contributed by atoms with Gasteiger partial charge in [0.05, 0.1) is 24.0 Å². The second-order valence-electron chi connectivity index (χ2n) is 2.76. The van der Waals surface area contributed by atoms with E-state index < -0.39 is 6.09 Å². The van der Waals surface area contributed by atoms with E-state index in [-0.39, 0.29) is 0 Å². The van der Waals surface area contributed by atoms with Crippen LogP contribution in [0.25, 0.3) is 0 Å². The summed E-state index contributed by atoms with van der Waals surface area (Å²) in [5, 5.41) is 3.72. The second kappa shape index (κ2) is 6.31. The molecular weight excluding hydrogens is 323 g/mol. The quantitative estimate of drug-likeness (QED) is 0.522. The van der Waals surface area contributed by atoms with Crippen molar-refractivity contribution in [3.8, 4) is 5.75 Å². The number of hydrazone groups is 1. The van der Waals surface area contributed by atoms with Gasteiger partial charge < -0.3 is 9.47 Å². The molecule has 1 rings (SSSR count). The normalized spacial score (nSPS) is 10.2. The topological polar surface area (TPSA) is 59.9 Å². The van der Waals surface area contributed by atoms with Crippen molar-refractivity contribution < 1.29 is 14.3 Å². The zero-order valence-corrected chi connectivity index (χ0v) is 11.0. The minimum Gasteiger partial charge on any atom is -0.496 e. The minimum atomic E-state index is -0.598. The van der Waals surface area contributed by atoms with E-state index in [0.717, 1.165) is 14.9 Å². The lowest BCUT2D eigenvalue weighted by Crippen LogP contribution is -2.16. The lowest BCUT2D eigenvalue weighted by atomic mass is 10.2. The highest BCUT2D eigenvalue weighted by Gasteiger charge is 1.99. The third-order valence-electron chi connectivity index (χ3n) is 1.73. The van der Waals surface area contributed by atoms with Crippen molar-refractivity contribution in [2.75, 3.05) is 14.2 Å². The van der Waals surface area contributed by atoms with Gasteiger partial charge in [0.2, 0.25) is 0 Å². The van der Waals surface area contributed by atoms with Gasteiger partial charge in [-0.25, -0.2) is 10.2 Å². The minimum absolute atomic E-state index is 0.598. The number of hydrogen-bond donors (Lipinski definition) is 1. The molecule has 0 spiro atoms. The van der Waals surface area contributed by atoms with Gasteiger partial charge in [-0.2, -0.15) is 5.10 Å². The molecule has 0 heterocycles. The predicted octanol–water partition coefficient (Wildman–Crippen LogP) is 1.99. The van der Waals surface area contributed by atoms with Gasteiger partial charge in [-0.1, -0.05) is 0 Å². The maximum absolute atomic E-state index is 10.7. The maximum atomic E-state index is 10.7. The summed E-state index contributed by atoms with van der Waals surface area (Å²) in [6.45, 7) is 0. The summed E-state index contributed by atoms with van der Waals surface area (Å²) in [6, 6.07) is 5.56. The molecule has 0 atom stereocenters. The van der Waals surface area contributed by atoms with Gasteiger partial charge in [0.1, 0.15) is 5.75 Å². The Bertz CT molecular complexity index is 407. The van der Waals surface area contributed by atoms with E-state index in [2.05, 4.69) is 37.9 Å². The number of hydrogen-bond acceptors (Lipinski definition) is 4. The Balaban J connectivity index is 2.68. The van der Waals surface area contributed by atoms with Crippen LogP contribution in [0.15, 0.2) is 23.3 Å². The standard InChI is InChI=1S/C10H11IN2O3/c1-15-9-4-3-7(5-8(9)11)6-12-13-10(14)16-2/h3-6H,1-2H3,(H,13,14)/b12-6-. The largest absolute Gasteiger partial charge is 0.496 e. The van der Waals surface area contributed by atoms with Crippen LogP contribution < -0.4 is 10.2 Å². The molecule has 0 aliphatic rings. The third kappa shape index (κ3) is 3.69. The van der Waals surface area contributed by atoms with Gasteiger partial charge in [0.15, 0.2) is 0 Å². The van der Waals surface area contributed by atoms with E-state index in [1.807, 2.05) is 18.2 Å². The Morgan fingerprint density at radius 3 is 2.81 bits per heavy atom. The monoisotopic (exact) mass is 334 g/mol. The van der Waals surface area contributed by atoms with Gasteiger partial charge in [-0.05, 0) is 46.4 Å². The number of methoxy groups -OCH3 is 2. The Hall–Kier alpha value is -1.31. The van der Waals surface area contributed by atoms with E-state index in [1.54, 1.807) is 7.11 Å². The Labute approximate surface area is 107 Å². The zero-order valence-electron chi connectivity index (χ0n) is 8.86. The molecule has 0 saturated heterocycles. The molecule has 1 N–H and O–H groups in total. The van der Waals surface area contributed by atoms with Crippen LogP contribution in [0.4, 0.5) is 4.79 Å². The Kier molecular flexibility index (Phi) is 5.03. The molecule has 86 valence electrons. The number of rotatable bonds is 3. The first-order chi connectivity index (χ1) is 7.67. The fraction of sp³-hybridized carbons (Fsp3) is 0.200. The van der Waals surface area contributed by atoms with Crippen LogP contribution in [0.1, 0.15) is 5.56 Å². The summed E-state index contributed by atoms with van der Waals surface area (Å²) in [5.74, 6) is 0.804. The van der Waals surface area contributed by atoms with Crippen LogP contribution in [-0.2, 0) is 4.74 Å². The van der Waals surface area contributed by atoms with Crippen LogP contribution in [0.5, 0.6) is 5.75 Å². The molecule has 0 aliphatic heterocycles. The van der Waals surface area contributed by atoms with Gasteiger partial charge in [0, 0.05) is 0 Å². The summed E-state index contributed by atoms with van der Waals surface area (Å²) in [4.78, 5) is 10.7. The summed E-state index contributed by atoms with van der Waals surface area (Å²) in [5.41, 5.74) is 3.07. The lowest BCUT2D eigenvalue weighted by Gasteiger charge is -2.03. The molecule has 0 saturated carbocycles. The summed E-state index contributed by atoms with van der Waals surface area (Å²) in [6.07, 6.45) is 0.929. The van der Waals surface area contributed by atoms with Crippen LogP contribution in [0.2, 0.25) is 0 Å². The number of halogens is 1. The van der Waals surface area contributed by atoms with E-state index in [0.29, 0.717) is 0 Å². The number of amides is 1. The van der Waals surface area contributed by atoms with Crippen molar-refractivity contribution >= 4 is 34.9 Å². The average molecular weight is 334 g/mol. The van der Waals surface area contributed by atoms with Crippen molar-refractivity contribution in [1.82, 2.24) is 5.43 Å². The number of carbonyl (C=O) groups excluding carboxylic acids is 1. The van der Waals surface area contributed by atoms with Crippen LogP contribution in [-0.4, -0.2) is 26.5 Å². The molecule has 0 aromatic heterocycles. The molecule has 16 heavy (non-hydrogen) atoms. The van der Waals surface area contributed by atoms with Crippen molar-refractivity contribution in [2.24, 2.45) is 5.10 Å². The van der Waals surface area contributed by atoms with Gasteiger partial charge >= 0.3 is 6.09 Å². The Morgan fingerprint density at radius 1 is 1.50 bits per heavy atom. The highest BCUT2D eigenvalue weighted by atomic mass is 127. The lowest BCUT2D eigenvalue weighted by molar-refractivity contribution is 0.171. The van der Waals surface area contributed by atoms with Gasteiger partial charge in [-0.3, -0.25) is 0 Å². The van der Waals surface area contributed by atoms with E-state index >= 15 is 0 Å². The number of ether oxygens (including phenoxy) is 2. The third-order valence-corrected chi connectivity index (χ3v) is 2.57. The SMILES string of the molecule is COC(=O)N/N=C\c1ccc(OC)c(I)c1. The molecule has 6 heteroatoms.